The number of rotatable bonds is 7. The van der Waals surface area contributed by atoms with Crippen molar-refractivity contribution < 1.29 is 4.79 Å². The lowest BCUT2D eigenvalue weighted by Crippen LogP contribution is -2.29. The molecule has 0 fully saturated rings. The summed E-state index contributed by atoms with van der Waals surface area (Å²) in [4.78, 5) is 12.4. The SMILES string of the molecule is CC[C@H](NC(=O)CSc1nnnn1-c1ccc(Cl)cc1)c1ccc(C)cc1. The molecule has 1 heterocycles. The Labute approximate surface area is 167 Å². The van der Waals surface area contributed by atoms with Gasteiger partial charge in [-0.25, -0.2) is 0 Å². The van der Waals surface area contributed by atoms with Crippen LogP contribution < -0.4 is 5.32 Å². The molecule has 140 valence electrons. The average Bonchev–Trinajstić information content (AvgIpc) is 3.14. The van der Waals surface area contributed by atoms with Crippen LogP contribution >= 0.6 is 23.4 Å². The smallest absolute Gasteiger partial charge is 0.230 e. The fraction of sp³-hybridized carbons (Fsp3) is 0.263. The maximum absolute atomic E-state index is 12.4. The number of aryl methyl sites for hydroxylation is 1. The largest absolute Gasteiger partial charge is 0.349 e. The third-order valence-corrected chi connectivity index (χ3v) is 5.24. The fourth-order valence-corrected chi connectivity index (χ4v) is 3.43. The third kappa shape index (κ3) is 5.08. The van der Waals surface area contributed by atoms with Crippen molar-refractivity contribution in [3.05, 3.63) is 64.7 Å². The standard InChI is InChI=1S/C19H20ClN5OS/c1-3-17(14-6-4-13(2)5-7-14)21-18(26)12-27-19-22-23-24-25(19)16-10-8-15(20)9-11-16/h4-11,17H,3,12H2,1-2H3,(H,21,26)/t17-/m0/s1. The van der Waals surface area contributed by atoms with Gasteiger partial charge in [0.15, 0.2) is 0 Å². The molecule has 27 heavy (non-hydrogen) atoms. The molecule has 1 atom stereocenters. The minimum absolute atomic E-state index is 0.00837. The highest BCUT2D eigenvalue weighted by atomic mass is 35.5. The van der Waals surface area contributed by atoms with E-state index in [1.165, 1.54) is 17.3 Å². The molecule has 2 aromatic carbocycles. The van der Waals surface area contributed by atoms with Crippen LogP contribution in [0.2, 0.25) is 5.02 Å². The van der Waals surface area contributed by atoms with Gasteiger partial charge in [0.05, 0.1) is 17.5 Å². The van der Waals surface area contributed by atoms with Crippen LogP contribution in [0.4, 0.5) is 0 Å². The van der Waals surface area contributed by atoms with Gasteiger partial charge in [0.1, 0.15) is 0 Å². The van der Waals surface area contributed by atoms with Gasteiger partial charge in [-0.15, -0.1) is 5.10 Å². The average molecular weight is 402 g/mol. The van der Waals surface area contributed by atoms with Gasteiger partial charge in [0.25, 0.3) is 0 Å². The second-order valence-electron chi connectivity index (χ2n) is 6.08. The summed E-state index contributed by atoms with van der Waals surface area (Å²) in [6.07, 6.45) is 0.821. The number of nitrogens with one attached hydrogen (secondary N) is 1. The lowest BCUT2D eigenvalue weighted by atomic mass is 10.0. The molecule has 0 saturated carbocycles. The number of tetrazole rings is 1. The molecule has 0 unspecified atom stereocenters. The van der Waals surface area contributed by atoms with E-state index in [2.05, 4.69) is 52.0 Å². The number of nitrogens with zero attached hydrogens (tertiary/aromatic N) is 4. The Kier molecular flexibility index (Phi) is 6.47. The number of carbonyl (C=O) groups is 1. The first-order chi connectivity index (χ1) is 13.1. The van der Waals surface area contributed by atoms with Gasteiger partial charge in [-0.1, -0.05) is 60.1 Å². The molecule has 0 aliphatic rings. The Bertz CT molecular complexity index is 895. The second-order valence-corrected chi connectivity index (χ2v) is 7.46. The van der Waals surface area contributed by atoms with Crippen molar-refractivity contribution in [3.8, 4) is 5.69 Å². The number of carbonyl (C=O) groups excluding carboxylic acids is 1. The van der Waals surface area contributed by atoms with Gasteiger partial charge < -0.3 is 5.32 Å². The van der Waals surface area contributed by atoms with Crippen molar-refractivity contribution in [1.82, 2.24) is 25.5 Å². The second kappa shape index (κ2) is 9.01. The summed E-state index contributed by atoms with van der Waals surface area (Å²) < 4.78 is 1.59. The molecule has 3 aromatic rings. The van der Waals surface area contributed by atoms with Crippen LogP contribution in [0.3, 0.4) is 0 Å². The summed E-state index contributed by atoms with van der Waals surface area (Å²) in [7, 11) is 0. The molecule has 0 radical (unpaired) electrons. The molecule has 6 nitrogen and oxygen atoms in total. The fourth-order valence-electron chi connectivity index (χ4n) is 2.60. The zero-order chi connectivity index (χ0) is 19.2. The van der Waals surface area contributed by atoms with Crippen LogP contribution in [0.1, 0.15) is 30.5 Å². The van der Waals surface area contributed by atoms with Gasteiger partial charge in [0, 0.05) is 5.02 Å². The van der Waals surface area contributed by atoms with Gasteiger partial charge >= 0.3 is 0 Å². The highest BCUT2D eigenvalue weighted by Gasteiger charge is 2.15. The van der Waals surface area contributed by atoms with E-state index in [1.807, 2.05) is 19.1 Å². The van der Waals surface area contributed by atoms with Gasteiger partial charge in [0.2, 0.25) is 11.1 Å². The first-order valence-corrected chi connectivity index (χ1v) is 9.96. The van der Waals surface area contributed by atoms with Gasteiger partial charge in [-0.2, -0.15) is 4.68 Å². The highest BCUT2D eigenvalue weighted by Crippen LogP contribution is 2.21. The summed E-state index contributed by atoms with van der Waals surface area (Å²) in [5.41, 5.74) is 3.09. The molecule has 1 amide bonds. The monoisotopic (exact) mass is 401 g/mol. The minimum atomic E-state index is -0.0573. The third-order valence-electron chi connectivity index (χ3n) is 4.07. The number of hydrogen-bond donors (Lipinski definition) is 1. The number of hydrogen-bond acceptors (Lipinski definition) is 5. The van der Waals surface area contributed by atoms with Gasteiger partial charge in [-0.3, -0.25) is 4.79 Å². The van der Waals surface area contributed by atoms with Crippen LogP contribution in [0, 0.1) is 6.92 Å². The zero-order valence-electron chi connectivity index (χ0n) is 15.1. The molecule has 0 aliphatic carbocycles. The molecule has 0 saturated heterocycles. The van der Waals surface area contributed by atoms with E-state index in [0.29, 0.717) is 10.2 Å². The van der Waals surface area contributed by atoms with E-state index >= 15 is 0 Å². The number of benzene rings is 2. The molecular weight excluding hydrogens is 382 g/mol. The van der Waals surface area contributed by atoms with E-state index in [0.717, 1.165) is 17.7 Å². The summed E-state index contributed by atoms with van der Waals surface area (Å²) in [6, 6.07) is 15.4. The number of thioether (sulfide) groups is 1. The highest BCUT2D eigenvalue weighted by molar-refractivity contribution is 7.99. The molecule has 8 heteroatoms. The minimum Gasteiger partial charge on any atom is -0.349 e. The van der Waals surface area contributed by atoms with Crippen LogP contribution in [0.25, 0.3) is 5.69 Å². The number of aromatic nitrogens is 4. The van der Waals surface area contributed by atoms with E-state index in [-0.39, 0.29) is 17.7 Å². The Morgan fingerprint density at radius 2 is 1.89 bits per heavy atom. The van der Waals surface area contributed by atoms with Crippen molar-refractivity contribution in [2.45, 2.75) is 31.5 Å². The molecule has 1 N–H and O–H groups in total. The van der Waals surface area contributed by atoms with E-state index in [1.54, 1.807) is 16.8 Å². The van der Waals surface area contributed by atoms with Crippen molar-refractivity contribution in [2.75, 3.05) is 5.75 Å². The predicted molar refractivity (Wildman–Crippen MR) is 107 cm³/mol. The first kappa shape index (κ1) is 19.4. The van der Waals surface area contributed by atoms with Gasteiger partial charge in [-0.05, 0) is 53.6 Å². The lowest BCUT2D eigenvalue weighted by molar-refractivity contribution is -0.119. The van der Waals surface area contributed by atoms with E-state index < -0.39 is 0 Å². The molecular formula is C19H20ClN5OS. The van der Waals surface area contributed by atoms with Crippen LogP contribution in [0.5, 0.6) is 0 Å². The molecule has 0 bridgehead atoms. The van der Waals surface area contributed by atoms with Crippen molar-refractivity contribution in [1.29, 1.82) is 0 Å². The summed E-state index contributed by atoms with van der Waals surface area (Å²) in [6.45, 7) is 4.10. The molecule has 0 aliphatic heterocycles. The van der Waals surface area contributed by atoms with Crippen molar-refractivity contribution >= 4 is 29.3 Å². The summed E-state index contributed by atoms with van der Waals surface area (Å²) in [5.74, 6) is 0.175. The topological polar surface area (TPSA) is 72.7 Å². The molecule has 1 aromatic heterocycles. The van der Waals surface area contributed by atoms with E-state index in [4.69, 9.17) is 11.6 Å². The van der Waals surface area contributed by atoms with Crippen molar-refractivity contribution in [3.63, 3.8) is 0 Å². The number of halogens is 1. The number of amides is 1. The van der Waals surface area contributed by atoms with Crippen LogP contribution in [0.15, 0.2) is 53.7 Å². The maximum Gasteiger partial charge on any atom is 0.230 e. The molecule has 3 rings (SSSR count). The van der Waals surface area contributed by atoms with Crippen LogP contribution in [-0.4, -0.2) is 31.9 Å². The Balaban J connectivity index is 1.62. The quantitative estimate of drug-likeness (QED) is 0.606. The zero-order valence-corrected chi connectivity index (χ0v) is 16.7. The predicted octanol–water partition coefficient (Wildman–Crippen LogP) is 3.98. The lowest BCUT2D eigenvalue weighted by Gasteiger charge is -2.17. The van der Waals surface area contributed by atoms with Crippen molar-refractivity contribution in [2.24, 2.45) is 0 Å². The maximum atomic E-state index is 12.4. The summed E-state index contributed by atoms with van der Waals surface area (Å²) >= 11 is 7.21. The Morgan fingerprint density at radius 3 is 2.56 bits per heavy atom. The normalized spacial score (nSPS) is 12.0. The van der Waals surface area contributed by atoms with E-state index in [9.17, 15) is 4.79 Å². The molecule has 0 spiro atoms. The summed E-state index contributed by atoms with van der Waals surface area (Å²) in [5, 5.41) is 16.0. The van der Waals surface area contributed by atoms with Crippen LogP contribution in [-0.2, 0) is 4.79 Å². The Hall–Kier alpha value is -2.38. The first-order valence-electron chi connectivity index (χ1n) is 8.60. The Morgan fingerprint density at radius 1 is 1.19 bits per heavy atom.